The first-order valence-corrected chi connectivity index (χ1v) is 4.54. The molecule has 0 aliphatic carbocycles. The highest BCUT2D eigenvalue weighted by Gasteiger charge is 2.14. The van der Waals surface area contributed by atoms with E-state index in [4.69, 9.17) is 10.5 Å². The molecule has 0 radical (unpaired) electrons. The Kier molecular flexibility index (Phi) is 7.13. The normalized spacial score (nSPS) is 15.9. The third-order valence-electron chi connectivity index (χ3n) is 1.27. The number of nitrogens with two attached hydrogens (primary N) is 1. The van der Waals surface area contributed by atoms with Crippen molar-refractivity contribution in [1.82, 2.24) is 5.32 Å². The van der Waals surface area contributed by atoms with E-state index in [9.17, 15) is 0 Å². The number of nitrogens with one attached hydrogen (secondary N) is 1. The second kappa shape index (κ2) is 6.96. The van der Waals surface area contributed by atoms with Gasteiger partial charge in [0.15, 0.2) is 0 Å². The van der Waals surface area contributed by atoms with Crippen LogP contribution in [0.4, 0.5) is 0 Å². The van der Waals surface area contributed by atoms with Crippen molar-refractivity contribution in [2.24, 2.45) is 10.7 Å². The van der Waals surface area contributed by atoms with Gasteiger partial charge in [-0.1, -0.05) is 22.6 Å². The molecule has 0 aliphatic rings. The van der Waals surface area contributed by atoms with Crippen LogP contribution in [0.3, 0.4) is 0 Å². The van der Waals surface area contributed by atoms with Gasteiger partial charge in [-0.2, -0.15) is 0 Å². The zero-order valence-electron chi connectivity index (χ0n) is 6.59. The van der Waals surface area contributed by atoms with Gasteiger partial charge < -0.3 is 15.8 Å². The van der Waals surface area contributed by atoms with Crippen molar-refractivity contribution in [3.05, 3.63) is 0 Å². The molecule has 2 unspecified atom stereocenters. The lowest BCUT2D eigenvalue weighted by atomic mass is 10.3. The molecule has 2 atom stereocenters. The summed E-state index contributed by atoms with van der Waals surface area (Å²) in [6, 6.07) is 0. The summed E-state index contributed by atoms with van der Waals surface area (Å²) in [5, 5.41) is 2.97. The van der Waals surface area contributed by atoms with Crippen molar-refractivity contribution in [2.45, 2.75) is 10.2 Å². The molecular weight excluding hydrogens is 257 g/mol. The van der Waals surface area contributed by atoms with E-state index in [1.165, 1.54) is 0 Å². The van der Waals surface area contributed by atoms with Gasteiger partial charge in [0.1, 0.15) is 10.2 Å². The van der Waals surface area contributed by atoms with Crippen molar-refractivity contribution in [3.63, 3.8) is 0 Å². The van der Waals surface area contributed by atoms with E-state index in [1.54, 1.807) is 7.11 Å². The molecule has 4 nitrogen and oxygen atoms in total. The van der Waals surface area contributed by atoms with Gasteiger partial charge in [-0.25, -0.2) is 0 Å². The van der Waals surface area contributed by atoms with Crippen LogP contribution in [-0.2, 0) is 4.74 Å². The number of ether oxygens (including phenoxy) is 1. The maximum atomic E-state index is 5.26. The van der Waals surface area contributed by atoms with E-state index < -0.39 is 0 Å². The average Bonchev–Trinajstić information content (AvgIpc) is 2.05. The van der Waals surface area contributed by atoms with Crippen LogP contribution in [0.2, 0.25) is 0 Å². The smallest absolute Gasteiger partial charge is 0.128 e. The largest absolute Gasteiger partial charge is 0.377 e. The molecule has 3 N–H and O–H groups in total. The zero-order chi connectivity index (χ0) is 8.69. The molecule has 0 bridgehead atoms. The Bertz CT molecular complexity index is 112. The van der Waals surface area contributed by atoms with Crippen molar-refractivity contribution >= 4 is 29.3 Å². The molecule has 11 heavy (non-hydrogen) atoms. The van der Waals surface area contributed by atoms with Crippen molar-refractivity contribution in [3.8, 4) is 0 Å². The summed E-state index contributed by atoms with van der Waals surface area (Å²) >= 11 is 2.17. The topological polar surface area (TPSA) is 59.6 Å². The Balaban J connectivity index is 3.64. The minimum Gasteiger partial charge on any atom is -0.377 e. The van der Waals surface area contributed by atoms with E-state index in [0.29, 0.717) is 13.2 Å². The highest BCUT2D eigenvalue weighted by molar-refractivity contribution is 14.1. The van der Waals surface area contributed by atoms with Crippen molar-refractivity contribution in [1.29, 1.82) is 0 Å². The highest BCUT2D eigenvalue weighted by atomic mass is 127. The molecule has 0 saturated heterocycles. The van der Waals surface area contributed by atoms with Crippen molar-refractivity contribution < 1.29 is 4.74 Å². The van der Waals surface area contributed by atoms with Crippen LogP contribution in [0.1, 0.15) is 0 Å². The number of halogens is 1. The molecule has 0 fully saturated rings. The molecule has 0 aromatic rings. The molecular formula is C6H14IN3O. The maximum absolute atomic E-state index is 5.26. The first-order valence-electron chi connectivity index (χ1n) is 3.29. The van der Waals surface area contributed by atoms with Crippen LogP contribution in [0.15, 0.2) is 4.99 Å². The molecule has 5 heteroatoms. The fourth-order valence-electron chi connectivity index (χ4n) is 0.636. The van der Waals surface area contributed by atoms with Gasteiger partial charge in [0.25, 0.3) is 0 Å². The Hall–Kier alpha value is 0.280. The molecule has 0 amide bonds. The number of hydrogen-bond acceptors (Lipinski definition) is 4. The van der Waals surface area contributed by atoms with Gasteiger partial charge in [-0.3, -0.25) is 4.99 Å². The van der Waals surface area contributed by atoms with Gasteiger partial charge in [0, 0.05) is 20.3 Å². The predicted octanol–water partition coefficient (Wildman–Crippen LogP) is -0.0311. The molecule has 66 valence electrons. The van der Waals surface area contributed by atoms with Gasteiger partial charge in [0.05, 0.1) is 0 Å². The third-order valence-corrected chi connectivity index (χ3v) is 2.47. The molecule has 0 rings (SSSR count). The van der Waals surface area contributed by atoms with Gasteiger partial charge >= 0.3 is 0 Å². The average molecular weight is 271 g/mol. The first-order chi connectivity index (χ1) is 5.26. The first kappa shape index (κ1) is 11.3. The number of hydrogen-bond donors (Lipinski definition) is 2. The minimum atomic E-state index is 0.0525. The Labute approximate surface area is 80.7 Å². The molecule has 0 saturated carbocycles. The highest BCUT2D eigenvalue weighted by Crippen LogP contribution is 2.09. The molecule has 0 spiro atoms. The van der Waals surface area contributed by atoms with Crippen molar-refractivity contribution in [2.75, 3.05) is 20.3 Å². The van der Waals surface area contributed by atoms with Crippen LogP contribution in [0, 0.1) is 0 Å². The maximum Gasteiger partial charge on any atom is 0.128 e. The Morgan fingerprint density at radius 3 is 2.82 bits per heavy atom. The minimum absolute atomic E-state index is 0.0525. The number of rotatable bonds is 6. The predicted molar refractivity (Wildman–Crippen MR) is 55.2 cm³/mol. The lowest BCUT2D eigenvalue weighted by Crippen LogP contribution is -2.36. The third kappa shape index (κ3) is 4.67. The summed E-state index contributed by atoms with van der Waals surface area (Å²) in [6.45, 7) is 4.61. The monoisotopic (exact) mass is 271 g/mol. The quantitative estimate of drug-likeness (QED) is 0.234. The number of aliphatic imine (C=N–C) groups is 1. The molecule has 0 aliphatic heterocycles. The van der Waals surface area contributed by atoms with E-state index in [1.807, 2.05) is 0 Å². The summed E-state index contributed by atoms with van der Waals surface area (Å²) < 4.78 is 5.23. The van der Waals surface area contributed by atoms with Gasteiger partial charge in [-0.05, 0) is 6.72 Å². The van der Waals surface area contributed by atoms with Gasteiger partial charge in [0.2, 0.25) is 0 Å². The van der Waals surface area contributed by atoms with Crippen LogP contribution in [0.25, 0.3) is 0 Å². The summed E-state index contributed by atoms with van der Waals surface area (Å²) in [7, 11) is 1.65. The summed E-state index contributed by atoms with van der Waals surface area (Å²) in [5.41, 5.74) is 5.26. The van der Waals surface area contributed by atoms with Gasteiger partial charge in [-0.15, -0.1) is 0 Å². The van der Waals surface area contributed by atoms with Crippen LogP contribution >= 0.6 is 22.6 Å². The molecule has 0 aromatic heterocycles. The number of alkyl halides is 1. The van der Waals surface area contributed by atoms with Crippen LogP contribution in [-0.4, -0.2) is 37.2 Å². The van der Waals surface area contributed by atoms with E-state index in [2.05, 4.69) is 39.6 Å². The fraction of sp³-hybridized carbons (Fsp3) is 0.833. The summed E-state index contributed by atoms with van der Waals surface area (Å²) in [4.78, 5) is 3.84. The summed E-state index contributed by atoms with van der Waals surface area (Å²) in [5.74, 6) is 0. The van der Waals surface area contributed by atoms with E-state index >= 15 is 0 Å². The lowest BCUT2D eigenvalue weighted by molar-refractivity contribution is 0.105. The summed E-state index contributed by atoms with van der Waals surface area (Å²) in [6.07, 6.45) is 0.0525. The second-order valence-corrected chi connectivity index (χ2v) is 3.26. The van der Waals surface area contributed by atoms with E-state index in [-0.39, 0.29) is 10.2 Å². The fourth-order valence-corrected chi connectivity index (χ4v) is 1.18. The lowest BCUT2D eigenvalue weighted by Gasteiger charge is -2.17. The van der Waals surface area contributed by atoms with E-state index in [0.717, 1.165) is 0 Å². The number of nitrogens with zero attached hydrogens (tertiary/aromatic N) is 1. The zero-order valence-corrected chi connectivity index (χ0v) is 8.74. The SMILES string of the molecule is C=NC(I)C(CNCN)OC. The Morgan fingerprint density at radius 1 is 1.82 bits per heavy atom. The second-order valence-electron chi connectivity index (χ2n) is 1.99. The Morgan fingerprint density at radius 2 is 2.45 bits per heavy atom. The molecule has 0 aromatic carbocycles. The van der Waals surface area contributed by atoms with Crippen LogP contribution < -0.4 is 11.1 Å². The standard InChI is InChI=1S/C6H14IN3O/c1-9-6(7)5(11-2)3-10-4-8/h5-6,10H,1,3-4,8H2,2H3. The number of methoxy groups -OCH3 is 1. The molecule has 0 heterocycles. The van der Waals surface area contributed by atoms with Crippen LogP contribution in [0.5, 0.6) is 0 Å².